The summed E-state index contributed by atoms with van der Waals surface area (Å²) in [7, 11) is 0. The molecule has 0 saturated carbocycles. The lowest BCUT2D eigenvalue weighted by Crippen LogP contribution is -2.24. The Morgan fingerprint density at radius 2 is 2.17 bits per heavy atom. The van der Waals surface area contributed by atoms with Gasteiger partial charge in [-0.15, -0.1) is 5.10 Å². The smallest absolute Gasteiger partial charge is 0.291 e. The maximum atomic E-state index is 12.2. The molecule has 4 rings (SSSR count). The summed E-state index contributed by atoms with van der Waals surface area (Å²) in [5.74, 6) is 0.266. The Balaban J connectivity index is 1.50. The second kappa shape index (κ2) is 5.44. The van der Waals surface area contributed by atoms with E-state index in [2.05, 4.69) is 37.8 Å². The Bertz CT molecular complexity index is 901. The lowest BCUT2D eigenvalue weighted by molar-refractivity contribution is 0.0940. The second-order valence-electron chi connectivity index (χ2n) is 5.62. The van der Waals surface area contributed by atoms with Crippen LogP contribution in [0.4, 0.5) is 0 Å². The number of nitrogens with one attached hydrogen (secondary N) is 2. The van der Waals surface area contributed by atoms with Crippen molar-refractivity contribution >= 4 is 11.7 Å². The molecule has 7 heteroatoms. The molecule has 23 heavy (non-hydrogen) atoms. The van der Waals surface area contributed by atoms with Gasteiger partial charge >= 0.3 is 0 Å². The van der Waals surface area contributed by atoms with Crippen molar-refractivity contribution in [3.8, 4) is 0 Å². The summed E-state index contributed by atoms with van der Waals surface area (Å²) < 4.78 is 1.57. The summed E-state index contributed by atoms with van der Waals surface area (Å²) in [4.78, 5) is 20.5. The van der Waals surface area contributed by atoms with Gasteiger partial charge in [-0.3, -0.25) is 4.79 Å². The molecule has 116 valence electrons. The highest BCUT2D eigenvalue weighted by Gasteiger charge is 2.15. The molecular formula is C16H16N6O. The molecule has 0 unspecified atom stereocenters. The molecule has 0 fully saturated rings. The van der Waals surface area contributed by atoms with Crippen LogP contribution in [0.2, 0.25) is 0 Å². The zero-order chi connectivity index (χ0) is 15.8. The molecule has 0 bridgehead atoms. The van der Waals surface area contributed by atoms with E-state index in [1.807, 2.05) is 19.1 Å². The predicted octanol–water partition coefficient (Wildman–Crippen LogP) is 0.966. The van der Waals surface area contributed by atoms with Crippen molar-refractivity contribution in [1.29, 1.82) is 0 Å². The number of hydrogen-bond donors (Lipinski definition) is 2. The minimum Gasteiger partial charge on any atom is -0.345 e. The molecule has 3 heterocycles. The third kappa shape index (κ3) is 2.55. The molecule has 7 nitrogen and oxygen atoms in total. The van der Waals surface area contributed by atoms with Crippen molar-refractivity contribution in [3.63, 3.8) is 0 Å². The number of aryl methyl sites for hydroxylation is 1. The summed E-state index contributed by atoms with van der Waals surface area (Å²) >= 11 is 0. The Labute approximate surface area is 132 Å². The van der Waals surface area contributed by atoms with Gasteiger partial charge in [0.1, 0.15) is 0 Å². The quantitative estimate of drug-likeness (QED) is 0.753. The first-order valence-corrected chi connectivity index (χ1v) is 7.49. The van der Waals surface area contributed by atoms with Gasteiger partial charge in [0.15, 0.2) is 0 Å². The van der Waals surface area contributed by atoms with Crippen molar-refractivity contribution in [3.05, 3.63) is 58.7 Å². The van der Waals surface area contributed by atoms with Crippen LogP contribution in [-0.4, -0.2) is 25.5 Å². The van der Waals surface area contributed by atoms with Gasteiger partial charge in [0, 0.05) is 31.5 Å². The van der Waals surface area contributed by atoms with Crippen LogP contribution in [0, 0.1) is 6.92 Å². The van der Waals surface area contributed by atoms with Crippen molar-refractivity contribution in [2.45, 2.75) is 26.6 Å². The monoisotopic (exact) mass is 308 g/mol. The summed E-state index contributed by atoms with van der Waals surface area (Å²) in [6.45, 7) is 4.15. The second-order valence-corrected chi connectivity index (χ2v) is 5.62. The first kappa shape index (κ1) is 13.8. The van der Waals surface area contributed by atoms with Crippen LogP contribution in [0.3, 0.4) is 0 Å². The van der Waals surface area contributed by atoms with Crippen LogP contribution in [0.25, 0.3) is 5.78 Å². The molecule has 1 aromatic carbocycles. The van der Waals surface area contributed by atoms with Gasteiger partial charge in [0.25, 0.3) is 11.7 Å². The largest absolute Gasteiger partial charge is 0.345 e. The van der Waals surface area contributed by atoms with E-state index in [9.17, 15) is 4.79 Å². The van der Waals surface area contributed by atoms with Crippen LogP contribution in [-0.2, 0) is 19.6 Å². The molecular weight excluding hydrogens is 292 g/mol. The molecule has 0 aliphatic carbocycles. The van der Waals surface area contributed by atoms with Crippen LogP contribution in [0.15, 0.2) is 30.5 Å². The molecule has 0 saturated heterocycles. The van der Waals surface area contributed by atoms with Crippen molar-refractivity contribution in [2.24, 2.45) is 0 Å². The Hall–Kier alpha value is -2.80. The zero-order valence-corrected chi connectivity index (χ0v) is 12.7. The number of carbonyl (C=O) groups excluding carboxylic acids is 1. The highest BCUT2D eigenvalue weighted by Crippen LogP contribution is 2.16. The number of hydrogen-bond acceptors (Lipinski definition) is 5. The highest BCUT2D eigenvalue weighted by atomic mass is 16.2. The number of fused-ring (bicyclic) bond motifs is 2. The normalized spacial score (nSPS) is 13.3. The zero-order valence-electron chi connectivity index (χ0n) is 12.7. The molecule has 0 radical (unpaired) electrons. The van der Waals surface area contributed by atoms with Gasteiger partial charge in [0.2, 0.25) is 5.82 Å². The van der Waals surface area contributed by atoms with E-state index in [0.29, 0.717) is 12.3 Å². The van der Waals surface area contributed by atoms with Crippen molar-refractivity contribution in [1.82, 2.24) is 30.2 Å². The van der Waals surface area contributed by atoms with Crippen molar-refractivity contribution < 1.29 is 4.79 Å². The number of nitrogens with zero attached hydrogens (tertiary/aromatic N) is 4. The molecule has 1 aliphatic heterocycles. The van der Waals surface area contributed by atoms with Crippen molar-refractivity contribution in [2.75, 3.05) is 0 Å². The average Bonchev–Trinajstić information content (AvgIpc) is 3.19. The van der Waals surface area contributed by atoms with Gasteiger partial charge in [-0.2, -0.15) is 4.98 Å². The van der Waals surface area contributed by atoms with E-state index in [1.165, 1.54) is 11.1 Å². The molecule has 0 atom stereocenters. The number of rotatable bonds is 3. The molecule has 2 aromatic heterocycles. The minimum atomic E-state index is -0.298. The summed E-state index contributed by atoms with van der Waals surface area (Å²) in [6, 6.07) is 8.09. The Morgan fingerprint density at radius 1 is 1.30 bits per heavy atom. The van der Waals surface area contributed by atoms with Crippen LogP contribution in [0.5, 0.6) is 0 Å². The highest BCUT2D eigenvalue weighted by molar-refractivity contribution is 5.90. The predicted molar refractivity (Wildman–Crippen MR) is 83.7 cm³/mol. The fourth-order valence-electron chi connectivity index (χ4n) is 2.72. The maximum Gasteiger partial charge on any atom is 0.291 e. The topological polar surface area (TPSA) is 84.2 Å². The first-order chi connectivity index (χ1) is 11.2. The fraction of sp³-hybridized carbons (Fsp3) is 0.250. The van der Waals surface area contributed by atoms with E-state index in [4.69, 9.17) is 0 Å². The van der Waals surface area contributed by atoms with Gasteiger partial charge < -0.3 is 10.6 Å². The number of amides is 1. The van der Waals surface area contributed by atoms with E-state index in [1.54, 1.807) is 10.7 Å². The Morgan fingerprint density at radius 3 is 3.04 bits per heavy atom. The maximum absolute atomic E-state index is 12.2. The Kier molecular flexibility index (Phi) is 3.27. The average molecular weight is 308 g/mol. The van der Waals surface area contributed by atoms with E-state index < -0.39 is 0 Å². The number of benzene rings is 1. The van der Waals surface area contributed by atoms with E-state index in [-0.39, 0.29) is 11.7 Å². The van der Waals surface area contributed by atoms with Crippen LogP contribution < -0.4 is 10.6 Å². The minimum absolute atomic E-state index is 0.134. The van der Waals surface area contributed by atoms with Gasteiger partial charge in [-0.25, -0.2) is 9.50 Å². The molecule has 3 aromatic rings. The molecule has 0 spiro atoms. The first-order valence-electron chi connectivity index (χ1n) is 7.49. The fourth-order valence-corrected chi connectivity index (χ4v) is 2.72. The molecule has 1 amide bonds. The third-order valence-corrected chi connectivity index (χ3v) is 3.99. The lowest BCUT2D eigenvalue weighted by atomic mass is 10.1. The number of aromatic nitrogens is 4. The summed E-state index contributed by atoms with van der Waals surface area (Å²) in [5, 5.41) is 10.4. The third-order valence-electron chi connectivity index (χ3n) is 3.99. The van der Waals surface area contributed by atoms with Crippen LogP contribution >= 0.6 is 0 Å². The summed E-state index contributed by atoms with van der Waals surface area (Å²) in [5.41, 5.74) is 4.57. The summed E-state index contributed by atoms with van der Waals surface area (Å²) in [6.07, 6.45) is 1.65. The molecule has 1 aliphatic rings. The standard InChI is InChI=1S/C16H16N6O/c1-10-4-5-18-16-20-14(21-22(10)16)15(23)19-7-11-2-3-12-8-17-9-13(12)6-11/h2-6,17H,7-9H2,1H3,(H,19,23). The van der Waals surface area contributed by atoms with E-state index in [0.717, 1.165) is 24.3 Å². The lowest BCUT2D eigenvalue weighted by Gasteiger charge is -2.05. The SMILES string of the molecule is Cc1ccnc2nc(C(=O)NCc3ccc4c(c3)CNC4)nn12. The van der Waals surface area contributed by atoms with Gasteiger partial charge in [-0.05, 0) is 29.7 Å². The van der Waals surface area contributed by atoms with Crippen LogP contribution in [0.1, 0.15) is 33.0 Å². The van der Waals surface area contributed by atoms with E-state index >= 15 is 0 Å². The molecule has 2 N–H and O–H groups in total. The van der Waals surface area contributed by atoms with Gasteiger partial charge in [0.05, 0.1) is 0 Å². The van der Waals surface area contributed by atoms with Gasteiger partial charge in [-0.1, -0.05) is 18.2 Å². The number of carbonyl (C=O) groups is 1.